The first-order valence-corrected chi connectivity index (χ1v) is 7.01. The summed E-state index contributed by atoms with van der Waals surface area (Å²) in [4.78, 5) is 11.2. The van der Waals surface area contributed by atoms with Crippen LogP contribution in [0.3, 0.4) is 0 Å². The van der Waals surface area contributed by atoms with Gasteiger partial charge in [0.05, 0.1) is 10.0 Å². The van der Waals surface area contributed by atoms with E-state index in [1.54, 1.807) is 23.5 Å². The highest BCUT2D eigenvalue weighted by molar-refractivity contribution is 7.20. The molecule has 1 aliphatic rings. The van der Waals surface area contributed by atoms with Crippen LogP contribution in [0.1, 0.15) is 23.2 Å². The Labute approximate surface area is 115 Å². The first kappa shape index (κ1) is 12.0. The van der Waals surface area contributed by atoms with Gasteiger partial charge in [0.15, 0.2) is 0 Å². The lowest BCUT2D eigenvalue weighted by Gasteiger charge is -2.02. The van der Waals surface area contributed by atoms with E-state index in [1.807, 2.05) is 18.2 Å². The SMILES string of the molecule is NC(=O)c1cccc(-c2cc(NC3CC3)sc2N)c1. The summed E-state index contributed by atoms with van der Waals surface area (Å²) in [5.41, 5.74) is 13.7. The van der Waals surface area contributed by atoms with Crippen LogP contribution < -0.4 is 16.8 Å². The van der Waals surface area contributed by atoms with Crippen molar-refractivity contribution >= 4 is 27.2 Å². The predicted octanol–water partition coefficient (Wildman–Crippen LogP) is 2.67. The normalized spacial score (nSPS) is 14.3. The molecule has 98 valence electrons. The van der Waals surface area contributed by atoms with Crippen LogP contribution in [0.25, 0.3) is 11.1 Å². The van der Waals surface area contributed by atoms with E-state index in [0.717, 1.165) is 21.1 Å². The zero-order valence-electron chi connectivity index (χ0n) is 10.3. The topological polar surface area (TPSA) is 81.1 Å². The van der Waals surface area contributed by atoms with Gasteiger partial charge in [-0.15, -0.1) is 11.3 Å². The lowest BCUT2D eigenvalue weighted by molar-refractivity contribution is 0.100. The Balaban J connectivity index is 1.94. The molecular weight excluding hydrogens is 258 g/mol. The van der Waals surface area contributed by atoms with Crippen LogP contribution in [-0.2, 0) is 0 Å². The molecule has 0 bridgehead atoms. The Kier molecular flexibility index (Phi) is 2.91. The molecule has 1 heterocycles. The Morgan fingerprint density at radius 2 is 2.11 bits per heavy atom. The summed E-state index contributed by atoms with van der Waals surface area (Å²) >= 11 is 1.54. The third-order valence-corrected chi connectivity index (χ3v) is 4.04. The molecule has 5 N–H and O–H groups in total. The average molecular weight is 273 g/mol. The third-order valence-electron chi connectivity index (χ3n) is 3.14. The Morgan fingerprint density at radius 3 is 2.79 bits per heavy atom. The van der Waals surface area contributed by atoms with Gasteiger partial charge in [-0.3, -0.25) is 4.79 Å². The number of primary amides is 1. The molecule has 3 rings (SSSR count). The molecular formula is C14H15N3OS. The minimum absolute atomic E-state index is 0.424. The van der Waals surface area contributed by atoms with E-state index in [1.165, 1.54) is 12.8 Å². The van der Waals surface area contributed by atoms with E-state index >= 15 is 0 Å². The number of hydrogen-bond acceptors (Lipinski definition) is 4. The summed E-state index contributed by atoms with van der Waals surface area (Å²) in [6.07, 6.45) is 2.45. The van der Waals surface area contributed by atoms with Crippen molar-refractivity contribution in [1.29, 1.82) is 0 Å². The van der Waals surface area contributed by atoms with Crippen LogP contribution in [0.5, 0.6) is 0 Å². The molecule has 0 atom stereocenters. The largest absolute Gasteiger partial charge is 0.390 e. The van der Waals surface area contributed by atoms with E-state index in [9.17, 15) is 4.79 Å². The fourth-order valence-corrected chi connectivity index (χ4v) is 2.90. The van der Waals surface area contributed by atoms with Crippen molar-refractivity contribution in [2.45, 2.75) is 18.9 Å². The summed E-state index contributed by atoms with van der Waals surface area (Å²) in [5, 5.41) is 5.27. The molecule has 0 unspecified atom stereocenters. The van der Waals surface area contributed by atoms with Crippen molar-refractivity contribution in [3.8, 4) is 11.1 Å². The van der Waals surface area contributed by atoms with Crippen molar-refractivity contribution in [1.82, 2.24) is 0 Å². The molecule has 4 nitrogen and oxygen atoms in total. The lowest BCUT2D eigenvalue weighted by atomic mass is 10.0. The lowest BCUT2D eigenvalue weighted by Crippen LogP contribution is -2.10. The molecule has 1 fully saturated rings. The first-order chi connectivity index (χ1) is 9.13. The molecule has 1 saturated carbocycles. The number of benzene rings is 1. The summed E-state index contributed by atoms with van der Waals surface area (Å²) in [5.74, 6) is -0.424. The molecule has 0 saturated heterocycles. The maximum Gasteiger partial charge on any atom is 0.248 e. The number of anilines is 2. The van der Waals surface area contributed by atoms with E-state index < -0.39 is 5.91 Å². The molecule has 1 aromatic carbocycles. The van der Waals surface area contributed by atoms with Crippen LogP contribution in [-0.4, -0.2) is 11.9 Å². The molecule has 0 radical (unpaired) electrons. The Bertz CT molecular complexity index is 631. The van der Waals surface area contributed by atoms with Crippen LogP contribution in [0.2, 0.25) is 0 Å². The monoisotopic (exact) mass is 273 g/mol. The predicted molar refractivity (Wildman–Crippen MR) is 79.3 cm³/mol. The van der Waals surface area contributed by atoms with Gasteiger partial charge in [-0.2, -0.15) is 0 Å². The van der Waals surface area contributed by atoms with E-state index in [4.69, 9.17) is 11.5 Å². The minimum atomic E-state index is -0.424. The van der Waals surface area contributed by atoms with Gasteiger partial charge in [0, 0.05) is 17.2 Å². The van der Waals surface area contributed by atoms with E-state index in [2.05, 4.69) is 5.32 Å². The standard InChI is InChI=1S/C14H15N3OS/c15-13(18)9-3-1-2-8(6-9)11-7-12(19-14(11)16)17-10-4-5-10/h1-3,6-7,10,17H,4-5,16H2,(H2,15,18). The van der Waals surface area contributed by atoms with Crippen molar-refractivity contribution in [2.75, 3.05) is 11.1 Å². The molecule has 19 heavy (non-hydrogen) atoms. The van der Waals surface area contributed by atoms with E-state index in [-0.39, 0.29) is 0 Å². The highest BCUT2D eigenvalue weighted by Gasteiger charge is 2.22. The number of rotatable bonds is 4. The van der Waals surface area contributed by atoms with Gasteiger partial charge >= 0.3 is 0 Å². The van der Waals surface area contributed by atoms with Gasteiger partial charge in [0.25, 0.3) is 0 Å². The molecule has 5 heteroatoms. The van der Waals surface area contributed by atoms with Crippen LogP contribution in [0.15, 0.2) is 30.3 Å². The quantitative estimate of drug-likeness (QED) is 0.801. The van der Waals surface area contributed by atoms with Crippen molar-refractivity contribution in [3.05, 3.63) is 35.9 Å². The smallest absolute Gasteiger partial charge is 0.248 e. The molecule has 1 aliphatic carbocycles. The van der Waals surface area contributed by atoms with Crippen molar-refractivity contribution in [3.63, 3.8) is 0 Å². The number of carbonyl (C=O) groups excluding carboxylic acids is 1. The zero-order valence-corrected chi connectivity index (χ0v) is 11.2. The summed E-state index contributed by atoms with van der Waals surface area (Å²) in [6, 6.07) is 9.88. The fourth-order valence-electron chi connectivity index (χ4n) is 1.97. The zero-order chi connectivity index (χ0) is 13.4. The van der Waals surface area contributed by atoms with Crippen LogP contribution in [0.4, 0.5) is 10.0 Å². The van der Waals surface area contributed by atoms with Crippen LogP contribution in [0, 0.1) is 0 Å². The highest BCUT2D eigenvalue weighted by Crippen LogP contribution is 2.39. The molecule has 0 spiro atoms. The Hall–Kier alpha value is -2.01. The van der Waals surface area contributed by atoms with Gasteiger partial charge in [-0.05, 0) is 36.6 Å². The number of thiophene rings is 1. The maximum atomic E-state index is 11.2. The van der Waals surface area contributed by atoms with Gasteiger partial charge in [0.1, 0.15) is 0 Å². The molecule has 0 aliphatic heterocycles. The second kappa shape index (κ2) is 4.59. The molecule has 1 aromatic heterocycles. The number of amides is 1. The van der Waals surface area contributed by atoms with Gasteiger partial charge < -0.3 is 16.8 Å². The molecule has 2 aromatic rings. The second-order valence-corrected chi connectivity index (χ2v) is 5.84. The first-order valence-electron chi connectivity index (χ1n) is 6.19. The summed E-state index contributed by atoms with van der Waals surface area (Å²) in [7, 11) is 0. The van der Waals surface area contributed by atoms with Crippen LogP contribution >= 0.6 is 11.3 Å². The maximum absolute atomic E-state index is 11.2. The van der Waals surface area contributed by atoms with E-state index in [0.29, 0.717) is 11.6 Å². The summed E-state index contributed by atoms with van der Waals surface area (Å²) in [6.45, 7) is 0. The summed E-state index contributed by atoms with van der Waals surface area (Å²) < 4.78 is 0. The van der Waals surface area contributed by atoms with Gasteiger partial charge in [-0.25, -0.2) is 0 Å². The number of nitrogens with two attached hydrogens (primary N) is 2. The third kappa shape index (κ3) is 2.56. The fraction of sp³-hybridized carbons (Fsp3) is 0.214. The van der Waals surface area contributed by atoms with Crippen molar-refractivity contribution < 1.29 is 4.79 Å². The number of carbonyl (C=O) groups is 1. The number of nitrogens with one attached hydrogen (secondary N) is 1. The number of nitrogen functional groups attached to an aromatic ring is 1. The molecule has 1 amide bonds. The highest BCUT2D eigenvalue weighted by atomic mass is 32.1. The average Bonchev–Trinajstić information content (AvgIpc) is 3.12. The Morgan fingerprint density at radius 1 is 1.32 bits per heavy atom. The van der Waals surface area contributed by atoms with Crippen molar-refractivity contribution in [2.24, 2.45) is 5.73 Å². The number of hydrogen-bond donors (Lipinski definition) is 3. The van der Waals surface area contributed by atoms with Gasteiger partial charge in [-0.1, -0.05) is 12.1 Å². The van der Waals surface area contributed by atoms with Gasteiger partial charge in [0.2, 0.25) is 5.91 Å². The minimum Gasteiger partial charge on any atom is -0.390 e. The second-order valence-electron chi connectivity index (χ2n) is 4.75.